The molecule has 2 aromatic rings. The van der Waals surface area contributed by atoms with Gasteiger partial charge in [0.2, 0.25) is 5.91 Å². The van der Waals surface area contributed by atoms with Gasteiger partial charge in [-0.1, -0.05) is 66.2 Å². The Morgan fingerprint density at radius 2 is 1.88 bits per heavy atom. The number of benzene rings is 2. The second kappa shape index (κ2) is 11.4. The highest BCUT2D eigenvalue weighted by Gasteiger charge is 2.79. The lowest BCUT2D eigenvalue weighted by molar-refractivity contribution is -0.160. The maximum absolute atomic E-state index is 14.7. The quantitative estimate of drug-likeness (QED) is 0.240. The van der Waals surface area contributed by atoms with E-state index in [-0.39, 0.29) is 13.2 Å². The molecule has 3 heterocycles. The third-order valence-corrected chi connectivity index (χ3v) is 9.00. The lowest BCUT2D eigenvalue weighted by atomic mass is 9.66. The molecule has 3 fully saturated rings. The maximum Gasteiger partial charge on any atom is 0.312 e. The van der Waals surface area contributed by atoms with Crippen molar-refractivity contribution in [2.24, 2.45) is 11.8 Å². The predicted octanol–water partition coefficient (Wildman–Crippen LogP) is 4.48. The van der Waals surface area contributed by atoms with Gasteiger partial charge in [0.25, 0.3) is 5.91 Å². The molecule has 2 unspecified atom stereocenters. The average Bonchev–Trinajstić information content (AvgIpc) is 3.54. The van der Waals surface area contributed by atoms with Crippen LogP contribution in [-0.2, 0) is 23.9 Å². The highest BCUT2D eigenvalue weighted by Crippen LogP contribution is 2.64. The number of carbonyl (C=O) groups excluding carboxylic acids is 3. The molecule has 216 valence electrons. The molecule has 6 atom stereocenters. The van der Waals surface area contributed by atoms with Crippen molar-refractivity contribution in [1.29, 1.82) is 0 Å². The van der Waals surface area contributed by atoms with Gasteiger partial charge in [-0.05, 0) is 43.9 Å². The number of halogens is 1. The molecule has 0 aliphatic carbocycles. The standard InChI is InChI=1S/C32H35ClN2O6/c1-4-6-19-40-30(39)26-25-28(37)35(24(20-36)21-12-8-7-9-13-21)27(32(25)17-16-31(26,3)41-32)29(38)34(18-5-2)23-15-11-10-14-22(23)33/h4-5,7-15,24-27,36H,1-2,6,16-20H2,3H3/t24-,25+,26+,27?,31-,32?/m1/s1. The van der Waals surface area contributed by atoms with Crippen molar-refractivity contribution < 1.29 is 29.0 Å². The van der Waals surface area contributed by atoms with Crippen molar-refractivity contribution in [3.63, 3.8) is 0 Å². The van der Waals surface area contributed by atoms with Gasteiger partial charge in [0.05, 0.1) is 41.5 Å². The molecule has 5 rings (SSSR count). The van der Waals surface area contributed by atoms with Crippen LogP contribution in [0.1, 0.15) is 37.8 Å². The molecule has 3 aliphatic heterocycles. The second-order valence-electron chi connectivity index (χ2n) is 11.0. The van der Waals surface area contributed by atoms with Gasteiger partial charge in [0, 0.05) is 6.54 Å². The van der Waals surface area contributed by atoms with E-state index in [2.05, 4.69) is 13.2 Å². The van der Waals surface area contributed by atoms with E-state index in [1.807, 2.05) is 25.1 Å². The molecule has 2 amide bonds. The normalized spacial score (nSPS) is 28.7. The van der Waals surface area contributed by atoms with E-state index in [0.29, 0.717) is 35.5 Å². The Morgan fingerprint density at radius 3 is 2.54 bits per heavy atom. The maximum atomic E-state index is 14.7. The summed E-state index contributed by atoms with van der Waals surface area (Å²) in [6.07, 6.45) is 4.58. The molecule has 0 saturated carbocycles. The monoisotopic (exact) mass is 578 g/mol. The van der Waals surface area contributed by atoms with Crippen LogP contribution >= 0.6 is 11.6 Å². The number of hydrogen-bond donors (Lipinski definition) is 1. The molecule has 0 radical (unpaired) electrons. The van der Waals surface area contributed by atoms with Crippen LogP contribution in [0.3, 0.4) is 0 Å². The number of fused-ring (bicyclic) bond motifs is 1. The van der Waals surface area contributed by atoms with Crippen molar-refractivity contribution >= 4 is 35.1 Å². The number of nitrogens with zero attached hydrogens (tertiary/aromatic N) is 2. The Bertz CT molecular complexity index is 1350. The molecular weight excluding hydrogens is 544 g/mol. The average molecular weight is 579 g/mol. The van der Waals surface area contributed by atoms with Gasteiger partial charge in [0.1, 0.15) is 17.6 Å². The van der Waals surface area contributed by atoms with E-state index < -0.39 is 59.5 Å². The van der Waals surface area contributed by atoms with Gasteiger partial charge >= 0.3 is 5.97 Å². The predicted molar refractivity (Wildman–Crippen MR) is 155 cm³/mol. The SMILES string of the molecule is C=CCCOC(=O)[C@@H]1[C@H]2C(=O)N([C@H](CO)c3ccccc3)C(C(=O)N(CC=C)c3ccccc3Cl)C23CC[C@@]1(C)O3. The first-order valence-electron chi connectivity index (χ1n) is 13.9. The molecule has 41 heavy (non-hydrogen) atoms. The lowest BCUT2D eigenvalue weighted by Crippen LogP contribution is -2.57. The van der Waals surface area contributed by atoms with Gasteiger partial charge in [0.15, 0.2) is 0 Å². The van der Waals surface area contributed by atoms with Crippen molar-refractivity contribution in [2.75, 3.05) is 24.7 Å². The summed E-state index contributed by atoms with van der Waals surface area (Å²) in [7, 11) is 0. The summed E-state index contributed by atoms with van der Waals surface area (Å²) in [6, 6.07) is 14.0. The topological polar surface area (TPSA) is 96.4 Å². The number of carbonyl (C=O) groups is 3. The van der Waals surface area contributed by atoms with Crippen LogP contribution < -0.4 is 4.90 Å². The Kier molecular flexibility index (Phi) is 8.10. The minimum absolute atomic E-state index is 0.126. The van der Waals surface area contributed by atoms with Crippen LogP contribution in [0.2, 0.25) is 5.02 Å². The number of ether oxygens (including phenoxy) is 2. The van der Waals surface area contributed by atoms with E-state index in [0.717, 1.165) is 0 Å². The van der Waals surface area contributed by atoms with Gasteiger partial charge in [-0.15, -0.1) is 13.2 Å². The fraction of sp³-hybridized carbons (Fsp3) is 0.406. The van der Waals surface area contributed by atoms with Crippen LogP contribution in [0.5, 0.6) is 0 Å². The van der Waals surface area contributed by atoms with Gasteiger partial charge < -0.3 is 24.4 Å². The molecule has 3 aliphatic rings. The van der Waals surface area contributed by atoms with Crippen LogP contribution in [0.15, 0.2) is 79.9 Å². The molecule has 3 saturated heterocycles. The summed E-state index contributed by atoms with van der Waals surface area (Å²) in [4.78, 5) is 45.7. The van der Waals surface area contributed by atoms with Gasteiger partial charge in [-0.25, -0.2) is 0 Å². The van der Waals surface area contributed by atoms with Crippen molar-refractivity contribution in [2.45, 2.75) is 49.5 Å². The molecule has 9 heteroatoms. The summed E-state index contributed by atoms with van der Waals surface area (Å²) in [5, 5.41) is 11.0. The zero-order valence-electron chi connectivity index (χ0n) is 23.1. The van der Waals surface area contributed by atoms with Crippen molar-refractivity contribution in [3.8, 4) is 0 Å². The molecule has 1 N–H and O–H groups in total. The number of para-hydroxylation sites is 1. The number of aliphatic hydroxyl groups is 1. The van der Waals surface area contributed by atoms with Gasteiger partial charge in [-0.2, -0.15) is 0 Å². The second-order valence-corrected chi connectivity index (χ2v) is 11.4. The fourth-order valence-electron chi connectivity index (χ4n) is 6.95. The zero-order valence-corrected chi connectivity index (χ0v) is 23.8. The largest absolute Gasteiger partial charge is 0.465 e. The number of rotatable bonds is 11. The lowest BCUT2D eigenvalue weighted by Gasteiger charge is -2.39. The summed E-state index contributed by atoms with van der Waals surface area (Å²) in [5.41, 5.74) is -1.15. The van der Waals surface area contributed by atoms with Crippen molar-refractivity contribution in [1.82, 2.24) is 4.90 Å². The summed E-state index contributed by atoms with van der Waals surface area (Å²) in [5.74, 6) is -3.24. The third-order valence-electron chi connectivity index (χ3n) is 8.68. The van der Waals surface area contributed by atoms with E-state index >= 15 is 0 Å². The van der Waals surface area contributed by atoms with Crippen LogP contribution in [0.25, 0.3) is 0 Å². The number of aliphatic hydroxyl groups excluding tert-OH is 1. The number of hydrogen-bond acceptors (Lipinski definition) is 6. The summed E-state index contributed by atoms with van der Waals surface area (Å²) in [6.45, 7) is 9.15. The molecule has 1 spiro atoms. The minimum Gasteiger partial charge on any atom is -0.465 e. The Hall–Kier alpha value is -3.46. The fourth-order valence-corrected chi connectivity index (χ4v) is 7.19. The molecule has 8 nitrogen and oxygen atoms in total. The highest BCUT2D eigenvalue weighted by molar-refractivity contribution is 6.34. The highest BCUT2D eigenvalue weighted by atomic mass is 35.5. The van der Waals surface area contributed by atoms with Crippen LogP contribution in [-0.4, -0.2) is 64.8 Å². The van der Waals surface area contributed by atoms with Crippen molar-refractivity contribution in [3.05, 3.63) is 90.5 Å². The van der Waals surface area contributed by atoms with E-state index in [4.69, 9.17) is 21.1 Å². The third kappa shape index (κ3) is 4.68. The number of likely N-dealkylation sites (tertiary alicyclic amines) is 1. The first-order chi connectivity index (χ1) is 19.7. The van der Waals surface area contributed by atoms with Crippen LogP contribution in [0.4, 0.5) is 5.69 Å². The van der Waals surface area contributed by atoms with Crippen LogP contribution in [0, 0.1) is 11.8 Å². The number of amides is 2. The zero-order chi connectivity index (χ0) is 29.4. The minimum atomic E-state index is -1.30. The van der Waals surface area contributed by atoms with E-state index in [9.17, 15) is 19.5 Å². The number of esters is 1. The first-order valence-corrected chi connectivity index (χ1v) is 14.2. The summed E-state index contributed by atoms with van der Waals surface area (Å²) >= 11 is 6.54. The molecular formula is C32H35ClN2O6. The van der Waals surface area contributed by atoms with E-state index in [1.165, 1.54) is 9.80 Å². The van der Waals surface area contributed by atoms with E-state index in [1.54, 1.807) is 48.6 Å². The Morgan fingerprint density at radius 1 is 1.17 bits per heavy atom. The Labute approximate surface area is 245 Å². The van der Waals surface area contributed by atoms with Gasteiger partial charge in [-0.3, -0.25) is 14.4 Å². The smallest absolute Gasteiger partial charge is 0.312 e. The number of anilines is 1. The molecule has 2 bridgehead atoms. The molecule has 0 aromatic heterocycles. The first kappa shape index (κ1) is 29.0. The Balaban J connectivity index is 1.65. The molecule has 2 aromatic carbocycles. The summed E-state index contributed by atoms with van der Waals surface area (Å²) < 4.78 is 12.3.